The van der Waals surface area contributed by atoms with Crippen molar-refractivity contribution >= 4 is 17.7 Å². The Morgan fingerprint density at radius 1 is 1.00 bits per heavy atom. The zero-order valence-electron chi connectivity index (χ0n) is 26.5. The number of nitrogens with two attached hydrogens (primary N) is 1. The summed E-state index contributed by atoms with van der Waals surface area (Å²) < 4.78 is 23.8. The van der Waals surface area contributed by atoms with Crippen LogP contribution in [-0.2, 0) is 16.0 Å². The standard InChI is InChI=1S/C30H34N6O6.C2H4O2/c1-35(2)26(37)17-42-27-24(40-4)15-20(16-25(27)41-5)21(14-18-10-12-19(13-11-18)28(31)32)29-33-30(38)36(34-29)22-8-6-7-9-23(22)39-3;1-2(3)4/h6-13,15-16,21H,14,17H2,1-5H3,(H3,31,32)(H,33,34,38);1H3,(H,3,4). The minimum Gasteiger partial charge on any atom is -0.494 e. The highest BCUT2D eigenvalue weighted by Gasteiger charge is 2.26. The molecule has 0 spiro atoms. The van der Waals surface area contributed by atoms with Gasteiger partial charge < -0.3 is 34.7 Å². The topological polar surface area (TPSA) is 195 Å². The molecule has 1 atom stereocenters. The van der Waals surface area contributed by atoms with Crippen molar-refractivity contribution in [1.82, 2.24) is 19.7 Å². The number of aromatic amines is 1. The van der Waals surface area contributed by atoms with Gasteiger partial charge in [0.2, 0.25) is 5.75 Å². The molecule has 0 saturated heterocycles. The molecule has 0 aliphatic rings. The van der Waals surface area contributed by atoms with E-state index in [9.17, 15) is 9.59 Å². The van der Waals surface area contributed by atoms with E-state index in [-0.39, 0.29) is 24.1 Å². The Labute approximate surface area is 265 Å². The number of hydrogen-bond donors (Lipinski definition) is 4. The number of rotatable bonds is 12. The van der Waals surface area contributed by atoms with Gasteiger partial charge >= 0.3 is 5.69 Å². The molecule has 1 amide bonds. The van der Waals surface area contributed by atoms with Gasteiger partial charge in [0.15, 0.2) is 18.1 Å². The maximum atomic E-state index is 13.2. The van der Waals surface area contributed by atoms with Crippen molar-refractivity contribution in [2.75, 3.05) is 42.0 Å². The van der Waals surface area contributed by atoms with Gasteiger partial charge in [-0.2, -0.15) is 4.68 Å². The number of likely N-dealkylation sites (N-methyl/N-ethyl adjacent to an activating group) is 1. The second kappa shape index (κ2) is 15.8. The van der Waals surface area contributed by atoms with Crippen LogP contribution in [0.4, 0.5) is 0 Å². The summed E-state index contributed by atoms with van der Waals surface area (Å²) in [7, 11) is 7.79. The third-order valence-electron chi connectivity index (χ3n) is 6.71. The third-order valence-corrected chi connectivity index (χ3v) is 6.71. The Morgan fingerprint density at radius 3 is 2.09 bits per heavy atom. The second-order valence-electron chi connectivity index (χ2n) is 10.1. The molecule has 14 heteroatoms. The van der Waals surface area contributed by atoms with E-state index in [0.29, 0.717) is 46.3 Å². The van der Waals surface area contributed by atoms with Crippen LogP contribution in [-0.4, -0.2) is 84.5 Å². The van der Waals surface area contributed by atoms with Gasteiger partial charge in [-0.25, -0.2) is 4.79 Å². The number of ether oxygens (including phenoxy) is 4. The van der Waals surface area contributed by atoms with Crippen molar-refractivity contribution in [3.63, 3.8) is 0 Å². The lowest BCUT2D eigenvalue weighted by atomic mass is 9.90. The van der Waals surface area contributed by atoms with Crippen LogP contribution in [0.2, 0.25) is 0 Å². The molecule has 1 unspecified atom stereocenters. The summed E-state index contributed by atoms with van der Waals surface area (Å²) in [4.78, 5) is 38.7. The molecule has 0 saturated carbocycles. The Kier molecular flexibility index (Phi) is 11.9. The number of H-pyrrole nitrogens is 1. The van der Waals surface area contributed by atoms with E-state index in [4.69, 9.17) is 40.0 Å². The molecular weight excluding hydrogens is 596 g/mol. The molecule has 244 valence electrons. The number of amides is 1. The number of hydrogen-bond acceptors (Lipinski definition) is 9. The number of para-hydroxylation sites is 2. The van der Waals surface area contributed by atoms with Crippen LogP contribution in [0.15, 0.2) is 65.5 Å². The van der Waals surface area contributed by atoms with Gasteiger partial charge in [0, 0.05) is 32.5 Å². The number of amidine groups is 1. The maximum Gasteiger partial charge on any atom is 0.348 e. The SMILES string of the molecule is CC(=O)O.COc1ccccc1-n1nc(C(Cc2ccc(C(=N)N)cc2)c2cc(OC)c(OCC(=O)N(C)C)c(OC)c2)[nH]c1=O. The number of methoxy groups -OCH3 is 3. The number of carboxylic acid groups (broad SMARTS) is 1. The highest BCUT2D eigenvalue weighted by molar-refractivity contribution is 5.94. The van der Waals surface area contributed by atoms with E-state index in [2.05, 4.69) is 10.1 Å². The Morgan fingerprint density at radius 2 is 1.57 bits per heavy atom. The second-order valence-corrected chi connectivity index (χ2v) is 10.1. The summed E-state index contributed by atoms with van der Waals surface area (Å²) in [5, 5.41) is 19.8. The van der Waals surface area contributed by atoms with Crippen molar-refractivity contribution < 1.29 is 33.6 Å². The van der Waals surface area contributed by atoms with Crippen LogP contribution in [0, 0.1) is 5.41 Å². The van der Waals surface area contributed by atoms with E-state index < -0.39 is 17.6 Å². The molecule has 0 bridgehead atoms. The lowest BCUT2D eigenvalue weighted by Crippen LogP contribution is -2.27. The first-order valence-corrected chi connectivity index (χ1v) is 13.9. The fourth-order valence-electron chi connectivity index (χ4n) is 4.40. The monoisotopic (exact) mass is 634 g/mol. The van der Waals surface area contributed by atoms with Crippen molar-refractivity contribution in [2.45, 2.75) is 19.3 Å². The fraction of sp³-hybridized carbons (Fsp3) is 0.281. The van der Waals surface area contributed by atoms with Gasteiger partial charge in [-0.3, -0.25) is 20.0 Å². The molecule has 1 heterocycles. The van der Waals surface area contributed by atoms with Gasteiger partial charge in [-0.15, -0.1) is 5.10 Å². The van der Waals surface area contributed by atoms with Crippen LogP contribution in [0.3, 0.4) is 0 Å². The zero-order valence-corrected chi connectivity index (χ0v) is 26.5. The summed E-state index contributed by atoms with van der Waals surface area (Å²) in [6.07, 6.45) is 0.419. The minimum atomic E-state index is -0.833. The molecular formula is C32H38N6O8. The number of aliphatic carboxylic acids is 1. The summed E-state index contributed by atoms with van der Waals surface area (Å²) in [6.45, 7) is 0.877. The van der Waals surface area contributed by atoms with E-state index >= 15 is 0 Å². The molecule has 1 aromatic heterocycles. The first kappa shape index (κ1) is 34.7. The van der Waals surface area contributed by atoms with E-state index in [1.165, 1.54) is 30.9 Å². The highest BCUT2D eigenvalue weighted by atomic mass is 16.5. The maximum absolute atomic E-state index is 13.2. The molecule has 46 heavy (non-hydrogen) atoms. The van der Waals surface area contributed by atoms with Crippen molar-refractivity contribution in [3.8, 4) is 28.7 Å². The Hall–Kier alpha value is -5.79. The van der Waals surface area contributed by atoms with Gasteiger partial charge in [-0.05, 0) is 41.8 Å². The fourth-order valence-corrected chi connectivity index (χ4v) is 4.40. The molecule has 0 aliphatic carbocycles. The molecule has 0 aliphatic heterocycles. The highest BCUT2D eigenvalue weighted by Crippen LogP contribution is 2.42. The molecule has 5 N–H and O–H groups in total. The number of nitrogen functional groups attached to an aromatic ring is 1. The van der Waals surface area contributed by atoms with Crippen LogP contribution in [0.25, 0.3) is 5.69 Å². The number of carboxylic acids is 1. The third kappa shape index (κ3) is 8.65. The van der Waals surface area contributed by atoms with Gasteiger partial charge in [0.05, 0.1) is 21.3 Å². The smallest absolute Gasteiger partial charge is 0.348 e. The number of carbonyl (C=O) groups excluding carboxylic acids is 1. The van der Waals surface area contributed by atoms with E-state index in [0.717, 1.165) is 12.5 Å². The van der Waals surface area contributed by atoms with Gasteiger partial charge in [0.1, 0.15) is 23.1 Å². The average molecular weight is 635 g/mol. The van der Waals surface area contributed by atoms with Gasteiger partial charge in [0.25, 0.3) is 11.9 Å². The number of nitrogens with one attached hydrogen (secondary N) is 2. The zero-order chi connectivity index (χ0) is 34.0. The predicted octanol–water partition coefficient (Wildman–Crippen LogP) is 2.80. The van der Waals surface area contributed by atoms with Crippen LogP contribution in [0.1, 0.15) is 35.4 Å². The number of carbonyl (C=O) groups is 2. The van der Waals surface area contributed by atoms with E-state index in [1.54, 1.807) is 56.6 Å². The van der Waals surface area contributed by atoms with Crippen molar-refractivity contribution in [2.24, 2.45) is 5.73 Å². The normalized spacial score (nSPS) is 11.0. The Bertz CT molecular complexity index is 1700. The lowest BCUT2D eigenvalue weighted by Gasteiger charge is -2.21. The number of benzene rings is 3. The van der Waals surface area contributed by atoms with E-state index in [1.807, 2.05) is 18.2 Å². The van der Waals surface area contributed by atoms with Crippen molar-refractivity contribution in [1.29, 1.82) is 5.41 Å². The lowest BCUT2D eigenvalue weighted by molar-refractivity contribution is -0.134. The molecule has 14 nitrogen and oxygen atoms in total. The molecule has 4 rings (SSSR count). The van der Waals surface area contributed by atoms with Crippen LogP contribution < -0.4 is 30.4 Å². The average Bonchev–Trinajstić information content (AvgIpc) is 3.42. The first-order chi connectivity index (χ1) is 21.9. The quantitative estimate of drug-likeness (QED) is 0.133. The molecule has 3 aromatic carbocycles. The predicted molar refractivity (Wildman–Crippen MR) is 171 cm³/mol. The summed E-state index contributed by atoms with van der Waals surface area (Å²) in [5.74, 6) is 0.283. The van der Waals surface area contributed by atoms with Crippen molar-refractivity contribution in [3.05, 3.63) is 93.7 Å². The number of aromatic nitrogens is 3. The summed E-state index contributed by atoms with van der Waals surface area (Å²) in [5.41, 5.74) is 7.91. The number of nitrogens with zero attached hydrogens (tertiary/aromatic N) is 3. The van der Waals surface area contributed by atoms with Crippen LogP contribution >= 0.6 is 0 Å². The molecule has 4 aromatic rings. The summed E-state index contributed by atoms with van der Waals surface area (Å²) >= 11 is 0. The first-order valence-electron chi connectivity index (χ1n) is 13.9. The van der Waals surface area contributed by atoms with Gasteiger partial charge in [-0.1, -0.05) is 36.4 Å². The Balaban J connectivity index is 0.00000136. The summed E-state index contributed by atoms with van der Waals surface area (Å²) in [6, 6.07) is 17.9. The minimum absolute atomic E-state index is 0.0317. The van der Waals surface area contributed by atoms with Crippen LogP contribution in [0.5, 0.6) is 23.0 Å². The molecule has 0 radical (unpaired) electrons. The largest absolute Gasteiger partial charge is 0.494 e. The molecule has 0 fully saturated rings.